The predicted octanol–water partition coefficient (Wildman–Crippen LogP) is 1.88. The quantitative estimate of drug-likeness (QED) is 0.713. The Hall–Kier alpha value is -1.06. The summed E-state index contributed by atoms with van der Waals surface area (Å²) in [6, 6.07) is 8.50. The molecule has 0 unspecified atom stereocenters. The summed E-state index contributed by atoms with van der Waals surface area (Å²) < 4.78 is 5.01. The van der Waals surface area contributed by atoms with Crippen molar-refractivity contribution in [2.24, 2.45) is 0 Å². The summed E-state index contributed by atoms with van der Waals surface area (Å²) in [5.74, 6) is 0. The highest BCUT2D eigenvalue weighted by molar-refractivity contribution is 5.52. The molecule has 0 fully saturated rings. The van der Waals surface area contributed by atoms with Gasteiger partial charge in [-0.2, -0.15) is 0 Å². The van der Waals surface area contributed by atoms with Crippen LogP contribution in [0.4, 0.5) is 5.69 Å². The van der Waals surface area contributed by atoms with Gasteiger partial charge in [-0.15, -0.1) is 0 Å². The fourth-order valence-corrected chi connectivity index (χ4v) is 1.60. The fourth-order valence-electron chi connectivity index (χ4n) is 1.60. The first-order valence-electron chi connectivity index (χ1n) is 5.78. The van der Waals surface area contributed by atoms with Crippen molar-refractivity contribution in [2.45, 2.75) is 13.5 Å². The van der Waals surface area contributed by atoms with Gasteiger partial charge in [0.15, 0.2) is 0 Å². The van der Waals surface area contributed by atoms with E-state index in [1.807, 2.05) is 0 Å². The van der Waals surface area contributed by atoms with Crippen LogP contribution in [0.3, 0.4) is 0 Å². The largest absolute Gasteiger partial charge is 0.383 e. The van der Waals surface area contributed by atoms with Crippen LogP contribution in [0.15, 0.2) is 24.3 Å². The molecule has 1 rings (SSSR count). The lowest BCUT2D eigenvalue weighted by Crippen LogP contribution is -2.22. The van der Waals surface area contributed by atoms with Gasteiger partial charge in [-0.05, 0) is 18.6 Å². The molecule has 0 radical (unpaired) electrons. The second kappa shape index (κ2) is 7.25. The van der Waals surface area contributed by atoms with E-state index in [0.29, 0.717) is 0 Å². The second-order valence-corrected chi connectivity index (χ2v) is 3.81. The van der Waals surface area contributed by atoms with Gasteiger partial charge in [0.05, 0.1) is 6.61 Å². The van der Waals surface area contributed by atoms with Crippen LogP contribution in [-0.2, 0) is 11.3 Å². The molecule has 0 spiro atoms. The SMILES string of the molecule is CCN(C)c1ccccc1CNCCOC. The highest BCUT2D eigenvalue weighted by Gasteiger charge is 2.04. The molecule has 1 aromatic carbocycles. The Kier molecular flexibility index (Phi) is 5.90. The summed E-state index contributed by atoms with van der Waals surface area (Å²) in [7, 11) is 3.84. The van der Waals surface area contributed by atoms with E-state index in [2.05, 4.69) is 48.5 Å². The van der Waals surface area contributed by atoms with Gasteiger partial charge < -0.3 is 15.0 Å². The molecule has 0 amide bonds. The first kappa shape index (κ1) is 13.0. The van der Waals surface area contributed by atoms with Crippen molar-refractivity contribution >= 4 is 5.69 Å². The zero-order chi connectivity index (χ0) is 11.8. The lowest BCUT2D eigenvalue weighted by atomic mass is 10.1. The lowest BCUT2D eigenvalue weighted by molar-refractivity contribution is 0.199. The van der Waals surface area contributed by atoms with Gasteiger partial charge in [-0.25, -0.2) is 0 Å². The van der Waals surface area contributed by atoms with Crippen LogP contribution in [0, 0.1) is 0 Å². The Morgan fingerprint density at radius 2 is 2.06 bits per heavy atom. The summed E-state index contributed by atoms with van der Waals surface area (Å²) in [5.41, 5.74) is 2.64. The number of ether oxygens (including phenoxy) is 1. The number of rotatable bonds is 7. The van der Waals surface area contributed by atoms with Gasteiger partial charge in [-0.3, -0.25) is 0 Å². The third kappa shape index (κ3) is 3.83. The molecular weight excluding hydrogens is 200 g/mol. The van der Waals surface area contributed by atoms with Crippen LogP contribution in [0.1, 0.15) is 12.5 Å². The minimum absolute atomic E-state index is 0.756. The Morgan fingerprint density at radius 3 is 2.75 bits per heavy atom. The molecule has 16 heavy (non-hydrogen) atoms. The van der Waals surface area contributed by atoms with Gasteiger partial charge in [0.1, 0.15) is 0 Å². The van der Waals surface area contributed by atoms with Gasteiger partial charge in [-0.1, -0.05) is 18.2 Å². The third-order valence-corrected chi connectivity index (χ3v) is 2.68. The van der Waals surface area contributed by atoms with Crippen molar-refractivity contribution in [3.63, 3.8) is 0 Å². The van der Waals surface area contributed by atoms with E-state index in [1.54, 1.807) is 7.11 Å². The molecule has 0 saturated heterocycles. The highest BCUT2D eigenvalue weighted by Crippen LogP contribution is 2.18. The van der Waals surface area contributed by atoms with Crippen molar-refractivity contribution in [3.05, 3.63) is 29.8 Å². The molecule has 0 atom stereocenters. The molecule has 0 heterocycles. The van der Waals surface area contributed by atoms with Crippen molar-refractivity contribution in [1.29, 1.82) is 0 Å². The molecule has 90 valence electrons. The van der Waals surface area contributed by atoms with Gasteiger partial charge >= 0.3 is 0 Å². The van der Waals surface area contributed by atoms with E-state index in [0.717, 1.165) is 26.2 Å². The Balaban J connectivity index is 2.57. The van der Waals surface area contributed by atoms with Crippen molar-refractivity contribution in [3.8, 4) is 0 Å². The highest BCUT2D eigenvalue weighted by atomic mass is 16.5. The Bertz CT molecular complexity index is 302. The van der Waals surface area contributed by atoms with Crippen LogP contribution in [0.25, 0.3) is 0 Å². The van der Waals surface area contributed by atoms with Crippen LogP contribution in [-0.4, -0.2) is 33.9 Å². The van der Waals surface area contributed by atoms with Gasteiger partial charge in [0, 0.05) is 39.5 Å². The smallest absolute Gasteiger partial charge is 0.0587 e. The molecule has 3 nitrogen and oxygen atoms in total. The Morgan fingerprint density at radius 1 is 1.31 bits per heavy atom. The minimum Gasteiger partial charge on any atom is -0.383 e. The van der Waals surface area contributed by atoms with Gasteiger partial charge in [0.2, 0.25) is 0 Å². The number of hydrogen-bond donors (Lipinski definition) is 1. The second-order valence-electron chi connectivity index (χ2n) is 3.81. The molecule has 0 aliphatic rings. The van der Waals surface area contributed by atoms with Gasteiger partial charge in [0.25, 0.3) is 0 Å². The summed E-state index contributed by atoms with van der Waals surface area (Å²) in [6.07, 6.45) is 0. The monoisotopic (exact) mass is 222 g/mol. The van der Waals surface area contributed by atoms with Crippen LogP contribution < -0.4 is 10.2 Å². The molecule has 0 bridgehead atoms. The molecule has 1 aromatic rings. The number of methoxy groups -OCH3 is 1. The van der Waals surface area contributed by atoms with E-state index >= 15 is 0 Å². The van der Waals surface area contributed by atoms with E-state index in [9.17, 15) is 0 Å². The fraction of sp³-hybridized carbons (Fsp3) is 0.538. The van der Waals surface area contributed by atoms with E-state index < -0.39 is 0 Å². The van der Waals surface area contributed by atoms with E-state index in [1.165, 1.54) is 11.3 Å². The van der Waals surface area contributed by atoms with Crippen LogP contribution in [0.5, 0.6) is 0 Å². The number of benzene rings is 1. The summed E-state index contributed by atoms with van der Waals surface area (Å²) in [6.45, 7) is 5.72. The molecule has 0 aliphatic carbocycles. The summed E-state index contributed by atoms with van der Waals surface area (Å²) in [5, 5.41) is 3.37. The first-order chi connectivity index (χ1) is 7.79. The number of para-hydroxylation sites is 1. The maximum absolute atomic E-state index is 5.01. The standard InChI is InChI=1S/C13H22N2O/c1-4-15(2)13-8-6-5-7-12(13)11-14-9-10-16-3/h5-8,14H,4,9-11H2,1-3H3. The van der Waals surface area contributed by atoms with Crippen molar-refractivity contribution in [2.75, 3.05) is 38.8 Å². The number of nitrogens with zero attached hydrogens (tertiary/aromatic N) is 1. The van der Waals surface area contributed by atoms with E-state index in [4.69, 9.17) is 4.74 Å². The molecule has 1 N–H and O–H groups in total. The Labute approximate surface area is 98.4 Å². The number of hydrogen-bond acceptors (Lipinski definition) is 3. The van der Waals surface area contributed by atoms with E-state index in [-0.39, 0.29) is 0 Å². The zero-order valence-electron chi connectivity index (χ0n) is 10.5. The first-order valence-corrected chi connectivity index (χ1v) is 5.78. The zero-order valence-corrected chi connectivity index (χ0v) is 10.5. The maximum Gasteiger partial charge on any atom is 0.0587 e. The summed E-state index contributed by atoms with van der Waals surface area (Å²) >= 11 is 0. The molecule has 0 aromatic heterocycles. The third-order valence-electron chi connectivity index (χ3n) is 2.68. The average molecular weight is 222 g/mol. The number of nitrogens with one attached hydrogen (secondary N) is 1. The predicted molar refractivity (Wildman–Crippen MR) is 69.0 cm³/mol. The molecule has 0 saturated carbocycles. The molecule has 0 aliphatic heterocycles. The molecular formula is C13H22N2O. The topological polar surface area (TPSA) is 24.5 Å². The van der Waals surface area contributed by atoms with Crippen LogP contribution in [0.2, 0.25) is 0 Å². The lowest BCUT2D eigenvalue weighted by Gasteiger charge is -2.20. The maximum atomic E-state index is 5.01. The number of anilines is 1. The van der Waals surface area contributed by atoms with Crippen molar-refractivity contribution in [1.82, 2.24) is 5.32 Å². The van der Waals surface area contributed by atoms with Crippen LogP contribution >= 0.6 is 0 Å². The minimum atomic E-state index is 0.756. The van der Waals surface area contributed by atoms with Crippen molar-refractivity contribution < 1.29 is 4.74 Å². The molecule has 3 heteroatoms. The average Bonchev–Trinajstić information content (AvgIpc) is 2.34. The summed E-state index contributed by atoms with van der Waals surface area (Å²) in [4.78, 5) is 2.26. The normalized spacial score (nSPS) is 10.4.